The van der Waals surface area contributed by atoms with Crippen LogP contribution < -0.4 is 15.9 Å². The summed E-state index contributed by atoms with van der Waals surface area (Å²) >= 11 is 0. The fourth-order valence-electron chi connectivity index (χ4n) is 5.92. The van der Waals surface area contributed by atoms with E-state index < -0.39 is 7.14 Å². The molecule has 0 saturated heterocycles. The van der Waals surface area contributed by atoms with Gasteiger partial charge in [0.15, 0.2) is 0 Å². The van der Waals surface area contributed by atoms with Crippen molar-refractivity contribution in [2.24, 2.45) is 11.8 Å². The molecule has 3 aromatic carbocycles. The van der Waals surface area contributed by atoms with Crippen LogP contribution >= 0.6 is 31.1 Å². The van der Waals surface area contributed by atoms with Crippen LogP contribution in [0.15, 0.2) is 91.0 Å². The number of hydrogen-bond acceptors (Lipinski definition) is 1. The van der Waals surface area contributed by atoms with Crippen LogP contribution in [0.2, 0.25) is 11.6 Å². The SMILES string of the molecule is C.CC.CC.CC(=O)CC(C)C.CCCC(C)B=C(C)CC(C)C.CCCC(C)[B][P+](c1ccccc1)(c1ccccc1)c1ccccc1.I. The van der Waals surface area contributed by atoms with Crippen molar-refractivity contribution in [2.75, 3.05) is 0 Å². The van der Waals surface area contributed by atoms with Gasteiger partial charge in [-0.3, -0.25) is 0 Å². The third-order valence-corrected chi connectivity index (χ3v) is 11.7. The Morgan fingerprint density at radius 2 is 0.900 bits per heavy atom. The smallest absolute Gasteiger partial charge is 0.107 e. The number of rotatable bonds is 14. The molecule has 0 N–H and O–H groups in total. The second-order valence-corrected chi connectivity index (χ2v) is 16.6. The predicted octanol–water partition coefficient (Wildman–Crippen LogP) is 13.7. The monoisotopic (exact) mass is 815 g/mol. The first kappa shape index (κ1) is 55.2. The number of carbonyl (C=O) groups is 1. The predicted molar refractivity (Wildman–Crippen MR) is 250 cm³/mol. The zero-order chi connectivity index (χ0) is 37.0. The maximum absolute atomic E-state index is 10.3. The average Bonchev–Trinajstić information content (AvgIpc) is 3.06. The topological polar surface area (TPSA) is 17.1 Å². The molecule has 2 atom stereocenters. The van der Waals surface area contributed by atoms with Crippen LogP contribution in [-0.4, -0.2) is 25.2 Å². The van der Waals surface area contributed by atoms with Crippen LogP contribution in [-0.2, 0) is 4.79 Å². The van der Waals surface area contributed by atoms with Crippen molar-refractivity contribution in [3.63, 3.8) is 0 Å². The van der Waals surface area contributed by atoms with Gasteiger partial charge in [-0.1, -0.05) is 130 Å². The Kier molecular flexibility index (Phi) is 38.2. The molecular formula is C45H78B2IOP+. The van der Waals surface area contributed by atoms with E-state index in [1.807, 2.05) is 41.5 Å². The standard InChI is InChI=1S/C23H26BP.C11H23B.C6H12O.2C2H6.CH4.HI/c1-3-13-20(2)24-25(21-14-7-4-8-15-21,22-16-9-5-10-17-22)23-18-11-6-12-19-23;1-6-7-10(4)12-11(5)8-9(2)3;1-5(2)4-6(3)7;2*1-2;;/h4-12,14-20H,3,13H2,1-2H3;9-10H,6-8H2,1-5H3;5H,4H2,1-3H3;2*1-2H3;1H4;1H/q+1;;;;;;. The van der Waals surface area contributed by atoms with Crippen molar-refractivity contribution in [3.8, 4) is 0 Å². The van der Waals surface area contributed by atoms with Gasteiger partial charge in [0.25, 0.3) is 0 Å². The molecule has 0 bridgehead atoms. The van der Waals surface area contributed by atoms with Gasteiger partial charge in [-0.05, 0) is 55.1 Å². The Morgan fingerprint density at radius 1 is 0.580 bits per heavy atom. The first-order chi connectivity index (χ1) is 23.0. The van der Waals surface area contributed by atoms with E-state index >= 15 is 0 Å². The van der Waals surface area contributed by atoms with Crippen LogP contribution in [0.1, 0.15) is 143 Å². The quantitative estimate of drug-likeness (QED) is 0.0900. The summed E-state index contributed by atoms with van der Waals surface area (Å²) in [5.41, 5.74) is 1.56. The fraction of sp³-hybridized carbons (Fsp3) is 0.556. The molecule has 0 heterocycles. The van der Waals surface area contributed by atoms with E-state index in [2.05, 4.69) is 153 Å². The van der Waals surface area contributed by atoms with Gasteiger partial charge >= 0.3 is 85.0 Å². The van der Waals surface area contributed by atoms with Gasteiger partial charge in [0, 0.05) is 6.42 Å². The molecule has 2 unspecified atom stereocenters. The molecule has 281 valence electrons. The fourth-order valence-corrected chi connectivity index (χ4v) is 10.2. The molecule has 0 fully saturated rings. The number of halogens is 1. The molecule has 0 saturated carbocycles. The molecule has 0 spiro atoms. The zero-order valence-electron chi connectivity index (χ0n) is 34.1. The number of hydrogen-bond donors (Lipinski definition) is 0. The van der Waals surface area contributed by atoms with E-state index in [4.69, 9.17) is 0 Å². The summed E-state index contributed by atoms with van der Waals surface area (Å²) in [5.74, 6) is 2.97. The summed E-state index contributed by atoms with van der Waals surface area (Å²) in [6.45, 7) is 34.8. The van der Waals surface area contributed by atoms with Gasteiger partial charge < -0.3 is 4.79 Å². The molecule has 1 radical (unpaired) electrons. The van der Waals surface area contributed by atoms with Gasteiger partial charge in [0.2, 0.25) is 0 Å². The summed E-state index contributed by atoms with van der Waals surface area (Å²) in [4.78, 5) is 10.3. The van der Waals surface area contributed by atoms with Crippen molar-refractivity contribution >= 4 is 72.2 Å². The third-order valence-electron chi connectivity index (χ3n) is 7.45. The molecule has 1 nitrogen and oxygen atoms in total. The molecule has 0 aliphatic carbocycles. The Labute approximate surface area is 332 Å². The second kappa shape index (κ2) is 34.6. The molecule has 0 amide bonds. The van der Waals surface area contributed by atoms with E-state index in [0.717, 1.165) is 18.2 Å². The van der Waals surface area contributed by atoms with Crippen molar-refractivity contribution in [1.29, 1.82) is 0 Å². The number of ketones is 1. The van der Waals surface area contributed by atoms with Crippen LogP contribution in [0.3, 0.4) is 0 Å². The molecule has 0 aromatic heterocycles. The molecule has 5 heteroatoms. The van der Waals surface area contributed by atoms with Gasteiger partial charge in [-0.15, -0.1) is 24.0 Å². The van der Waals surface area contributed by atoms with Crippen molar-refractivity contribution < 1.29 is 4.79 Å². The van der Waals surface area contributed by atoms with E-state index in [-0.39, 0.29) is 37.2 Å². The van der Waals surface area contributed by atoms with Crippen molar-refractivity contribution in [2.45, 2.75) is 155 Å². The van der Waals surface area contributed by atoms with Gasteiger partial charge in [0.05, 0.1) is 23.1 Å². The summed E-state index contributed by atoms with van der Waals surface area (Å²) in [6.07, 6.45) is 7.06. The van der Waals surface area contributed by atoms with Gasteiger partial charge in [-0.2, -0.15) is 0 Å². The minimum atomic E-state index is -1.76. The van der Waals surface area contributed by atoms with Gasteiger partial charge in [0.1, 0.15) is 5.78 Å². The molecular weight excluding hydrogens is 736 g/mol. The van der Waals surface area contributed by atoms with E-state index in [9.17, 15) is 4.79 Å². The Bertz CT molecular complexity index is 1090. The largest absolute Gasteiger partial charge is 0.377 e. The average molecular weight is 815 g/mol. The van der Waals surface area contributed by atoms with Crippen molar-refractivity contribution in [1.82, 2.24) is 0 Å². The molecule has 3 rings (SSSR count). The normalized spacial score (nSPS) is 11.4. The van der Waals surface area contributed by atoms with Crippen LogP contribution in [0.5, 0.6) is 0 Å². The van der Waals surface area contributed by atoms with Crippen LogP contribution in [0.4, 0.5) is 0 Å². The first-order valence-electron chi connectivity index (χ1n) is 19.0. The summed E-state index contributed by atoms with van der Waals surface area (Å²) in [7, 11) is -1.76. The van der Waals surface area contributed by atoms with E-state index in [1.54, 1.807) is 12.4 Å². The maximum Gasteiger partial charge on any atom is 0.377 e. The van der Waals surface area contributed by atoms with Crippen molar-refractivity contribution in [3.05, 3.63) is 91.0 Å². The Balaban J connectivity index is -0.000000357. The number of Topliss-reactive ketones (excluding diaryl/α,β-unsaturated/α-hetero) is 1. The first-order valence-corrected chi connectivity index (χ1v) is 20.9. The molecule has 3 aromatic rings. The summed E-state index contributed by atoms with van der Waals surface area (Å²) < 4.78 is 0. The minimum Gasteiger partial charge on any atom is -0.107 e. The minimum absolute atomic E-state index is 0. The molecule has 50 heavy (non-hydrogen) atoms. The van der Waals surface area contributed by atoms with E-state index in [1.165, 1.54) is 48.0 Å². The molecule has 0 aliphatic rings. The number of carbonyl (C=O) groups excluding carboxylic acids is 1. The Morgan fingerprint density at radius 3 is 1.16 bits per heavy atom. The van der Waals surface area contributed by atoms with E-state index in [0.29, 0.717) is 11.7 Å². The third kappa shape index (κ3) is 23.9. The zero-order valence-corrected chi connectivity index (χ0v) is 37.4. The summed E-state index contributed by atoms with van der Waals surface area (Å²) in [5, 5.41) is 4.32. The maximum atomic E-state index is 10.3. The van der Waals surface area contributed by atoms with Gasteiger partial charge in [-0.25, -0.2) is 0 Å². The Hall–Kier alpha value is -1.51. The summed E-state index contributed by atoms with van der Waals surface area (Å²) in [6, 6.07) is 33.2. The molecule has 0 aliphatic heterocycles. The number of benzene rings is 3. The second-order valence-electron chi connectivity index (χ2n) is 13.3. The van der Waals surface area contributed by atoms with Crippen LogP contribution in [0, 0.1) is 11.8 Å². The van der Waals surface area contributed by atoms with Crippen LogP contribution in [0.25, 0.3) is 0 Å².